The molecule has 0 saturated carbocycles. The molecule has 0 spiro atoms. The molecule has 1 N–H and O–H groups in total. The molecule has 0 aliphatic carbocycles. The Kier molecular flexibility index (Phi) is 2.78. The van der Waals surface area contributed by atoms with E-state index >= 15 is 0 Å². The van der Waals surface area contributed by atoms with Crippen molar-refractivity contribution in [2.24, 2.45) is 0 Å². The van der Waals surface area contributed by atoms with Gasteiger partial charge in [-0.25, -0.2) is 4.98 Å². The van der Waals surface area contributed by atoms with E-state index in [0.29, 0.717) is 0 Å². The van der Waals surface area contributed by atoms with Gasteiger partial charge in [0.2, 0.25) is 0 Å². The fourth-order valence-corrected chi connectivity index (χ4v) is 1.54. The van der Waals surface area contributed by atoms with Gasteiger partial charge in [-0.2, -0.15) is 0 Å². The summed E-state index contributed by atoms with van der Waals surface area (Å²) in [4.78, 5) is 8.47. The Morgan fingerprint density at radius 1 is 1.33 bits per heavy atom. The van der Waals surface area contributed by atoms with Gasteiger partial charge in [-0.05, 0) is 26.1 Å². The van der Waals surface area contributed by atoms with Gasteiger partial charge in [-0.15, -0.1) is 0 Å². The first kappa shape index (κ1) is 9.86. The molecule has 0 atom stereocenters. The number of aromatic nitrogens is 3. The maximum Gasteiger partial charge on any atom is 0.110 e. The van der Waals surface area contributed by atoms with Gasteiger partial charge in [-0.1, -0.05) is 0 Å². The highest BCUT2D eigenvalue weighted by Gasteiger charge is 2.01. The molecule has 0 aliphatic heterocycles. The van der Waals surface area contributed by atoms with E-state index in [0.717, 1.165) is 23.8 Å². The Hall–Kier alpha value is -1.68. The number of hydrogen-bond acceptors (Lipinski definition) is 3. The summed E-state index contributed by atoms with van der Waals surface area (Å²) in [5, 5.41) is 3.08. The first-order valence-electron chi connectivity index (χ1n) is 4.91. The molecule has 0 unspecified atom stereocenters. The van der Waals surface area contributed by atoms with Crippen LogP contribution >= 0.6 is 0 Å². The van der Waals surface area contributed by atoms with Crippen LogP contribution in [0.15, 0.2) is 30.7 Å². The van der Waals surface area contributed by atoms with Crippen LogP contribution in [-0.2, 0) is 6.54 Å². The van der Waals surface area contributed by atoms with E-state index in [9.17, 15) is 0 Å². The average molecular weight is 202 g/mol. The number of rotatable bonds is 3. The Labute approximate surface area is 89.0 Å². The summed E-state index contributed by atoms with van der Waals surface area (Å²) in [6.45, 7) is 2.76. The quantitative estimate of drug-likeness (QED) is 0.815. The number of aryl methyl sites for hydroxylation is 1. The van der Waals surface area contributed by atoms with Crippen LogP contribution in [0, 0.1) is 6.92 Å². The van der Waals surface area contributed by atoms with E-state index in [1.54, 1.807) is 6.20 Å². The summed E-state index contributed by atoms with van der Waals surface area (Å²) >= 11 is 0. The topological polar surface area (TPSA) is 42.7 Å². The second-order valence-electron chi connectivity index (χ2n) is 3.38. The molecule has 4 nitrogen and oxygen atoms in total. The number of hydrogen-bond donors (Lipinski definition) is 1. The molecule has 2 rings (SSSR count). The number of nitrogens with one attached hydrogen (secondary N) is 1. The Morgan fingerprint density at radius 3 is 2.87 bits per heavy atom. The third-order valence-corrected chi connectivity index (χ3v) is 2.26. The van der Waals surface area contributed by atoms with Crippen LogP contribution < -0.4 is 5.32 Å². The van der Waals surface area contributed by atoms with Crippen molar-refractivity contribution in [2.45, 2.75) is 13.5 Å². The number of pyridine rings is 1. The molecule has 15 heavy (non-hydrogen) atoms. The zero-order valence-electron chi connectivity index (χ0n) is 8.94. The van der Waals surface area contributed by atoms with Crippen molar-refractivity contribution in [3.05, 3.63) is 42.2 Å². The van der Waals surface area contributed by atoms with Gasteiger partial charge in [0, 0.05) is 25.1 Å². The van der Waals surface area contributed by atoms with Gasteiger partial charge in [0.25, 0.3) is 0 Å². The van der Waals surface area contributed by atoms with Crippen LogP contribution in [0.5, 0.6) is 0 Å². The summed E-state index contributed by atoms with van der Waals surface area (Å²) in [6, 6.07) is 4.04. The lowest BCUT2D eigenvalue weighted by Gasteiger charge is -2.06. The van der Waals surface area contributed by atoms with E-state index in [1.807, 2.05) is 37.0 Å². The third kappa shape index (κ3) is 2.05. The summed E-state index contributed by atoms with van der Waals surface area (Å²) in [5.74, 6) is 0.983. The van der Waals surface area contributed by atoms with Crippen LogP contribution in [0.4, 0.5) is 0 Å². The minimum atomic E-state index is 0.779. The van der Waals surface area contributed by atoms with Crippen molar-refractivity contribution < 1.29 is 0 Å². The minimum absolute atomic E-state index is 0.779. The zero-order chi connectivity index (χ0) is 10.7. The Morgan fingerprint density at radius 2 is 2.20 bits per heavy atom. The lowest BCUT2D eigenvalue weighted by molar-refractivity contribution is 0.788. The predicted molar refractivity (Wildman–Crippen MR) is 58.9 cm³/mol. The lowest BCUT2D eigenvalue weighted by Crippen LogP contribution is -2.07. The average Bonchev–Trinajstić information content (AvgIpc) is 2.65. The van der Waals surface area contributed by atoms with Crippen molar-refractivity contribution in [1.82, 2.24) is 19.9 Å². The van der Waals surface area contributed by atoms with Crippen molar-refractivity contribution in [3.8, 4) is 5.69 Å². The fraction of sp³-hybridized carbons (Fsp3) is 0.273. The Balaban J connectivity index is 2.37. The predicted octanol–water partition coefficient (Wildman–Crippen LogP) is 1.30. The molecular weight excluding hydrogens is 188 g/mol. The monoisotopic (exact) mass is 202 g/mol. The molecule has 0 saturated heterocycles. The lowest BCUT2D eigenvalue weighted by atomic mass is 10.3. The molecular formula is C11H14N4. The Bertz CT molecular complexity index is 447. The fourth-order valence-electron chi connectivity index (χ4n) is 1.54. The zero-order valence-corrected chi connectivity index (χ0v) is 8.94. The molecule has 2 aromatic rings. The van der Waals surface area contributed by atoms with Gasteiger partial charge in [0.15, 0.2) is 0 Å². The van der Waals surface area contributed by atoms with Gasteiger partial charge in [0.1, 0.15) is 5.82 Å². The van der Waals surface area contributed by atoms with Crippen molar-refractivity contribution in [3.63, 3.8) is 0 Å². The highest BCUT2D eigenvalue weighted by atomic mass is 15.1. The standard InChI is InChI=1S/C11H14N4/c1-9-13-5-6-15(9)11-3-4-14-10(7-11)8-12-2/h3-7,12H,8H2,1-2H3. The molecule has 78 valence electrons. The highest BCUT2D eigenvalue weighted by Crippen LogP contribution is 2.10. The molecule has 0 radical (unpaired) electrons. The molecule has 0 fully saturated rings. The van der Waals surface area contributed by atoms with Crippen molar-refractivity contribution >= 4 is 0 Å². The summed E-state index contributed by atoms with van der Waals surface area (Å²) in [6.07, 6.45) is 5.57. The van der Waals surface area contributed by atoms with Gasteiger partial charge in [0.05, 0.1) is 11.4 Å². The van der Waals surface area contributed by atoms with Crippen LogP contribution in [0.3, 0.4) is 0 Å². The second kappa shape index (κ2) is 4.23. The van der Waals surface area contributed by atoms with Crippen LogP contribution in [0.2, 0.25) is 0 Å². The molecule has 0 aromatic carbocycles. The van der Waals surface area contributed by atoms with E-state index in [2.05, 4.69) is 21.4 Å². The molecule has 2 aromatic heterocycles. The van der Waals surface area contributed by atoms with E-state index in [-0.39, 0.29) is 0 Å². The molecule has 0 aliphatic rings. The molecule has 2 heterocycles. The van der Waals surface area contributed by atoms with Gasteiger partial charge in [-0.3, -0.25) is 4.98 Å². The number of nitrogens with zero attached hydrogens (tertiary/aromatic N) is 3. The molecule has 0 amide bonds. The van der Waals surface area contributed by atoms with Gasteiger partial charge < -0.3 is 9.88 Å². The van der Waals surface area contributed by atoms with Crippen molar-refractivity contribution in [1.29, 1.82) is 0 Å². The first-order valence-corrected chi connectivity index (χ1v) is 4.91. The SMILES string of the molecule is CNCc1cc(-n2ccnc2C)ccn1. The smallest absolute Gasteiger partial charge is 0.110 e. The minimum Gasteiger partial charge on any atom is -0.314 e. The highest BCUT2D eigenvalue weighted by molar-refractivity contribution is 5.33. The molecule has 0 bridgehead atoms. The van der Waals surface area contributed by atoms with Crippen LogP contribution in [0.25, 0.3) is 5.69 Å². The number of imidazole rings is 1. The second-order valence-corrected chi connectivity index (χ2v) is 3.38. The van der Waals surface area contributed by atoms with Crippen LogP contribution in [0.1, 0.15) is 11.5 Å². The first-order chi connectivity index (χ1) is 7.31. The van der Waals surface area contributed by atoms with E-state index in [4.69, 9.17) is 0 Å². The summed E-state index contributed by atoms with van der Waals surface area (Å²) in [5.41, 5.74) is 2.13. The van der Waals surface area contributed by atoms with E-state index in [1.165, 1.54) is 0 Å². The summed E-state index contributed by atoms with van der Waals surface area (Å²) in [7, 11) is 1.91. The van der Waals surface area contributed by atoms with E-state index < -0.39 is 0 Å². The third-order valence-electron chi connectivity index (χ3n) is 2.26. The largest absolute Gasteiger partial charge is 0.314 e. The van der Waals surface area contributed by atoms with Gasteiger partial charge >= 0.3 is 0 Å². The maximum atomic E-state index is 4.27. The van der Waals surface area contributed by atoms with Crippen molar-refractivity contribution in [2.75, 3.05) is 7.05 Å². The molecule has 4 heteroatoms. The van der Waals surface area contributed by atoms with Crippen LogP contribution in [-0.4, -0.2) is 21.6 Å². The maximum absolute atomic E-state index is 4.27. The normalized spacial score (nSPS) is 10.5. The summed E-state index contributed by atoms with van der Waals surface area (Å²) < 4.78 is 2.04.